The molecule has 0 aromatic carbocycles. The molecule has 0 bridgehead atoms. The molecule has 0 radical (unpaired) electrons. The number of carbonyl (C=O) groups is 2. The number of urea groups is 1. The monoisotopic (exact) mass is 300 g/mol. The quantitative estimate of drug-likeness (QED) is 0.824. The number of ether oxygens (including phenoxy) is 2. The molecule has 7 nitrogen and oxygen atoms in total. The van der Waals surface area contributed by atoms with Crippen molar-refractivity contribution in [3.05, 3.63) is 0 Å². The van der Waals surface area contributed by atoms with E-state index < -0.39 is 5.97 Å². The smallest absolute Gasteiger partial charge is 0.320 e. The van der Waals surface area contributed by atoms with Gasteiger partial charge in [0.15, 0.2) is 0 Å². The third-order valence-corrected chi connectivity index (χ3v) is 4.17. The summed E-state index contributed by atoms with van der Waals surface area (Å²) in [6.45, 7) is 3.41. The van der Waals surface area contributed by atoms with Crippen LogP contribution < -0.4 is 0 Å². The zero-order chi connectivity index (χ0) is 15.2. The second-order valence-corrected chi connectivity index (χ2v) is 5.69. The van der Waals surface area contributed by atoms with Crippen molar-refractivity contribution in [1.29, 1.82) is 0 Å². The molecule has 0 aromatic rings. The van der Waals surface area contributed by atoms with Crippen molar-refractivity contribution in [2.75, 3.05) is 46.6 Å². The Morgan fingerprint density at radius 2 is 2.00 bits per heavy atom. The second kappa shape index (κ2) is 7.61. The van der Waals surface area contributed by atoms with Gasteiger partial charge in [-0.15, -0.1) is 0 Å². The van der Waals surface area contributed by atoms with Crippen LogP contribution in [0.4, 0.5) is 4.79 Å². The maximum Gasteiger partial charge on any atom is 0.320 e. The number of amides is 2. The van der Waals surface area contributed by atoms with Crippen molar-refractivity contribution in [1.82, 2.24) is 9.80 Å². The minimum absolute atomic E-state index is 0.0552. The van der Waals surface area contributed by atoms with Crippen molar-refractivity contribution in [2.45, 2.75) is 25.3 Å². The van der Waals surface area contributed by atoms with E-state index in [1.165, 1.54) is 0 Å². The van der Waals surface area contributed by atoms with Crippen LogP contribution in [-0.2, 0) is 14.3 Å². The van der Waals surface area contributed by atoms with Gasteiger partial charge in [0.05, 0.1) is 25.7 Å². The summed E-state index contributed by atoms with van der Waals surface area (Å²) < 4.78 is 10.5. The van der Waals surface area contributed by atoms with Gasteiger partial charge in [-0.05, 0) is 18.8 Å². The van der Waals surface area contributed by atoms with E-state index in [4.69, 9.17) is 14.6 Å². The van der Waals surface area contributed by atoms with Gasteiger partial charge in [-0.1, -0.05) is 0 Å². The fourth-order valence-corrected chi connectivity index (χ4v) is 2.99. The van der Waals surface area contributed by atoms with Gasteiger partial charge in [0.1, 0.15) is 0 Å². The minimum atomic E-state index is -0.901. The highest BCUT2D eigenvalue weighted by molar-refractivity contribution is 5.76. The van der Waals surface area contributed by atoms with E-state index >= 15 is 0 Å². The van der Waals surface area contributed by atoms with Gasteiger partial charge in [0.2, 0.25) is 0 Å². The van der Waals surface area contributed by atoms with Crippen molar-refractivity contribution in [3.8, 4) is 0 Å². The van der Waals surface area contributed by atoms with E-state index in [1.807, 2.05) is 4.90 Å². The number of carboxylic acid groups (broad SMARTS) is 1. The van der Waals surface area contributed by atoms with Crippen LogP contribution in [0.5, 0.6) is 0 Å². The summed E-state index contributed by atoms with van der Waals surface area (Å²) in [5, 5.41) is 8.95. The number of piperidine rings is 1. The Balaban J connectivity index is 1.90. The Morgan fingerprint density at radius 3 is 2.62 bits per heavy atom. The Labute approximate surface area is 124 Å². The molecule has 1 unspecified atom stereocenters. The fraction of sp³-hybridized carbons (Fsp3) is 0.857. The van der Waals surface area contributed by atoms with E-state index in [2.05, 4.69) is 0 Å². The predicted octanol–water partition coefficient (Wildman–Crippen LogP) is 0.640. The molecule has 2 heterocycles. The Hall–Kier alpha value is -1.34. The average molecular weight is 300 g/mol. The van der Waals surface area contributed by atoms with Gasteiger partial charge in [0.25, 0.3) is 0 Å². The van der Waals surface area contributed by atoms with E-state index in [9.17, 15) is 9.59 Å². The molecule has 2 fully saturated rings. The molecular formula is C14H24N2O5. The zero-order valence-corrected chi connectivity index (χ0v) is 12.5. The Kier molecular flexibility index (Phi) is 5.81. The van der Waals surface area contributed by atoms with Crippen LogP contribution in [0.25, 0.3) is 0 Å². The molecule has 0 aromatic heterocycles. The molecule has 0 saturated carbocycles. The molecule has 1 atom stereocenters. The second-order valence-electron chi connectivity index (χ2n) is 5.69. The topological polar surface area (TPSA) is 79.3 Å². The molecule has 0 aliphatic carbocycles. The molecule has 0 spiro atoms. The summed E-state index contributed by atoms with van der Waals surface area (Å²) in [5.74, 6) is -0.388. The summed E-state index contributed by atoms with van der Waals surface area (Å²) in [6, 6.07) is -0.416. The average Bonchev–Trinajstić information content (AvgIpc) is 2.48. The van der Waals surface area contributed by atoms with Crippen LogP contribution in [-0.4, -0.2) is 79.5 Å². The van der Waals surface area contributed by atoms with Crippen LogP contribution in [0.2, 0.25) is 0 Å². The number of hydrogen-bond donors (Lipinski definition) is 1. The molecular weight excluding hydrogens is 276 g/mol. The molecule has 2 rings (SSSR count). The first-order chi connectivity index (χ1) is 10.1. The van der Waals surface area contributed by atoms with Crippen LogP contribution in [0, 0.1) is 5.92 Å². The number of hydrogen-bond acceptors (Lipinski definition) is 4. The molecule has 120 valence electrons. The minimum Gasteiger partial charge on any atom is -0.481 e. The number of nitrogens with zero attached hydrogens (tertiary/aromatic N) is 2. The number of morpholine rings is 1. The molecule has 2 saturated heterocycles. The number of aliphatic carboxylic acids is 1. The zero-order valence-electron chi connectivity index (χ0n) is 12.5. The molecule has 1 N–H and O–H groups in total. The van der Waals surface area contributed by atoms with Crippen LogP contribution >= 0.6 is 0 Å². The number of carbonyl (C=O) groups excluding carboxylic acids is 1. The standard InChI is InChI=1S/C14H24N2O5/c1-20-9-11-2-4-15(5-3-11)14(19)16-6-7-21-10-12(16)8-13(17)18/h11-12H,2-10H2,1H3,(H,17,18). The third kappa shape index (κ3) is 4.31. The van der Waals surface area contributed by atoms with E-state index in [1.54, 1.807) is 12.0 Å². The van der Waals surface area contributed by atoms with Gasteiger partial charge >= 0.3 is 12.0 Å². The maximum absolute atomic E-state index is 12.6. The van der Waals surface area contributed by atoms with E-state index in [-0.39, 0.29) is 18.5 Å². The Morgan fingerprint density at radius 1 is 1.29 bits per heavy atom. The van der Waals surface area contributed by atoms with Gasteiger partial charge < -0.3 is 24.4 Å². The lowest BCUT2D eigenvalue weighted by Gasteiger charge is -2.40. The van der Waals surface area contributed by atoms with E-state index in [0.717, 1.165) is 19.4 Å². The predicted molar refractivity (Wildman–Crippen MR) is 75.1 cm³/mol. The van der Waals surface area contributed by atoms with Crippen LogP contribution in [0.1, 0.15) is 19.3 Å². The number of rotatable bonds is 4. The molecule has 2 amide bonds. The van der Waals surface area contributed by atoms with Gasteiger partial charge in [-0.2, -0.15) is 0 Å². The van der Waals surface area contributed by atoms with E-state index in [0.29, 0.717) is 38.8 Å². The first kappa shape index (κ1) is 16.0. The SMILES string of the molecule is COCC1CCN(C(=O)N2CCOCC2CC(=O)O)CC1. The maximum atomic E-state index is 12.6. The highest BCUT2D eigenvalue weighted by Gasteiger charge is 2.33. The molecule has 2 aliphatic heterocycles. The van der Waals surface area contributed by atoms with Crippen molar-refractivity contribution >= 4 is 12.0 Å². The van der Waals surface area contributed by atoms with Crippen LogP contribution in [0.3, 0.4) is 0 Å². The fourth-order valence-electron chi connectivity index (χ4n) is 2.99. The summed E-state index contributed by atoms with van der Waals surface area (Å²) in [5.41, 5.74) is 0. The molecule has 2 aliphatic rings. The van der Waals surface area contributed by atoms with Gasteiger partial charge in [-0.3, -0.25) is 4.79 Å². The number of carboxylic acids is 1. The molecule has 7 heteroatoms. The first-order valence-electron chi connectivity index (χ1n) is 7.46. The largest absolute Gasteiger partial charge is 0.481 e. The summed E-state index contributed by atoms with van der Waals surface area (Å²) in [7, 11) is 1.70. The highest BCUT2D eigenvalue weighted by Crippen LogP contribution is 2.20. The van der Waals surface area contributed by atoms with Crippen molar-refractivity contribution in [3.63, 3.8) is 0 Å². The van der Waals surface area contributed by atoms with Crippen molar-refractivity contribution < 1.29 is 24.2 Å². The summed E-state index contributed by atoms with van der Waals surface area (Å²) in [6.07, 6.45) is 1.81. The summed E-state index contributed by atoms with van der Waals surface area (Å²) in [4.78, 5) is 27.0. The van der Waals surface area contributed by atoms with Gasteiger partial charge in [-0.25, -0.2) is 4.79 Å². The number of methoxy groups -OCH3 is 1. The highest BCUT2D eigenvalue weighted by atomic mass is 16.5. The first-order valence-corrected chi connectivity index (χ1v) is 7.46. The lowest BCUT2D eigenvalue weighted by Crippen LogP contribution is -2.55. The lowest BCUT2D eigenvalue weighted by molar-refractivity contribution is -0.139. The van der Waals surface area contributed by atoms with Crippen molar-refractivity contribution in [2.24, 2.45) is 5.92 Å². The van der Waals surface area contributed by atoms with Crippen LogP contribution in [0.15, 0.2) is 0 Å². The van der Waals surface area contributed by atoms with Gasteiger partial charge in [0, 0.05) is 33.4 Å². The summed E-state index contributed by atoms with van der Waals surface area (Å²) >= 11 is 0. The molecule has 21 heavy (non-hydrogen) atoms. The normalized spacial score (nSPS) is 24.1. The lowest BCUT2D eigenvalue weighted by atomic mass is 9.98. The number of likely N-dealkylation sites (tertiary alicyclic amines) is 1. The Bertz CT molecular complexity index is 368. The third-order valence-electron chi connectivity index (χ3n) is 4.17.